The molecule has 2 aromatic rings. The highest BCUT2D eigenvalue weighted by molar-refractivity contribution is 7.86. The first kappa shape index (κ1) is 15.3. The third-order valence-electron chi connectivity index (χ3n) is 2.81. The molecular formula is C10H10N2O7S2. The highest BCUT2D eigenvalue weighted by atomic mass is 32.2. The quantitative estimate of drug-likeness (QED) is 0.378. The molecule has 0 aliphatic heterocycles. The van der Waals surface area contributed by atoms with Crippen LogP contribution in [0.15, 0.2) is 28.0 Å². The second kappa shape index (κ2) is 4.46. The van der Waals surface area contributed by atoms with Gasteiger partial charge in [-0.1, -0.05) is 0 Å². The van der Waals surface area contributed by atoms with Gasteiger partial charge in [0.1, 0.15) is 10.6 Å². The number of anilines is 2. The van der Waals surface area contributed by atoms with Crippen LogP contribution in [-0.2, 0) is 20.2 Å². The van der Waals surface area contributed by atoms with Crippen LogP contribution in [0.5, 0.6) is 5.75 Å². The zero-order valence-corrected chi connectivity index (χ0v) is 11.8. The Balaban J connectivity index is 3.03. The number of aromatic hydroxyl groups is 1. The standard InChI is InChI=1S/C10H10N2O7S2/c11-9-7(21(17,18)19)2-4-1-5(20(14,15)16)3-6(13)8(4)10(9)12/h1-3,13H,11-12H2,(H,14,15,16)(H,17,18,19). The van der Waals surface area contributed by atoms with Crippen LogP contribution in [0.3, 0.4) is 0 Å². The van der Waals surface area contributed by atoms with Gasteiger partial charge in [0.15, 0.2) is 0 Å². The Morgan fingerprint density at radius 2 is 1.43 bits per heavy atom. The van der Waals surface area contributed by atoms with Crippen molar-refractivity contribution in [3.8, 4) is 5.75 Å². The molecule has 0 atom stereocenters. The monoisotopic (exact) mass is 334 g/mol. The number of phenols is 1. The van der Waals surface area contributed by atoms with Crippen molar-refractivity contribution < 1.29 is 31.0 Å². The maximum atomic E-state index is 11.2. The lowest BCUT2D eigenvalue weighted by molar-refractivity contribution is 0.471. The summed E-state index contributed by atoms with van der Waals surface area (Å²) in [6.45, 7) is 0. The molecule has 0 aliphatic rings. The van der Waals surface area contributed by atoms with E-state index in [1.165, 1.54) is 0 Å². The van der Waals surface area contributed by atoms with Crippen molar-refractivity contribution in [2.24, 2.45) is 0 Å². The molecule has 0 amide bonds. The van der Waals surface area contributed by atoms with Crippen molar-refractivity contribution in [1.29, 1.82) is 0 Å². The summed E-state index contributed by atoms with van der Waals surface area (Å²) in [5.41, 5.74) is 10.3. The molecule has 0 heterocycles. The molecule has 9 nitrogen and oxygen atoms in total. The summed E-state index contributed by atoms with van der Waals surface area (Å²) in [6.07, 6.45) is 0. The van der Waals surface area contributed by atoms with Gasteiger partial charge in [0, 0.05) is 11.5 Å². The zero-order valence-electron chi connectivity index (χ0n) is 10.2. The predicted octanol–water partition coefficient (Wildman–Crippen LogP) is 0.203. The van der Waals surface area contributed by atoms with Crippen molar-refractivity contribution in [3.63, 3.8) is 0 Å². The van der Waals surface area contributed by atoms with E-state index < -0.39 is 41.5 Å². The minimum Gasteiger partial charge on any atom is -0.507 e. The van der Waals surface area contributed by atoms with Crippen LogP contribution < -0.4 is 11.5 Å². The van der Waals surface area contributed by atoms with Crippen LogP contribution in [0.4, 0.5) is 11.4 Å². The van der Waals surface area contributed by atoms with E-state index in [0.717, 1.165) is 18.2 Å². The molecular weight excluding hydrogens is 324 g/mol. The third kappa shape index (κ3) is 2.58. The first-order chi connectivity index (χ1) is 9.43. The van der Waals surface area contributed by atoms with E-state index in [0.29, 0.717) is 0 Å². The Morgan fingerprint density at radius 1 is 0.857 bits per heavy atom. The molecule has 0 radical (unpaired) electrons. The summed E-state index contributed by atoms with van der Waals surface area (Å²) in [4.78, 5) is -1.41. The molecule has 0 spiro atoms. The maximum absolute atomic E-state index is 11.2. The average molecular weight is 334 g/mol. The van der Waals surface area contributed by atoms with Crippen LogP contribution in [0.25, 0.3) is 10.8 Å². The number of phenolic OH excluding ortho intramolecular Hbond substituents is 1. The molecule has 21 heavy (non-hydrogen) atoms. The molecule has 0 aromatic heterocycles. The topological polar surface area (TPSA) is 181 Å². The summed E-state index contributed by atoms with van der Waals surface area (Å²) in [5.74, 6) is -0.619. The van der Waals surface area contributed by atoms with Crippen molar-refractivity contribution in [3.05, 3.63) is 18.2 Å². The Hall–Kier alpha value is -2.08. The number of nitrogen functional groups attached to an aromatic ring is 2. The van der Waals surface area contributed by atoms with Crippen molar-refractivity contribution >= 4 is 42.4 Å². The van der Waals surface area contributed by atoms with Gasteiger partial charge in [-0.05, 0) is 17.5 Å². The van der Waals surface area contributed by atoms with E-state index in [2.05, 4.69) is 0 Å². The van der Waals surface area contributed by atoms with Gasteiger partial charge in [0.05, 0.1) is 16.3 Å². The van der Waals surface area contributed by atoms with E-state index in [-0.39, 0.29) is 16.5 Å². The summed E-state index contributed by atoms with van der Waals surface area (Å²) in [6, 6.07) is 2.46. The van der Waals surface area contributed by atoms with Gasteiger partial charge in [0.25, 0.3) is 20.2 Å². The maximum Gasteiger partial charge on any atom is 0.296 e. The molecule has 0 aliphatic carbocycles. The Morgan fingerprint density at radius 3 is 1.90 bits per heavy atom. The predicted molar refractivity (Wildman–Crippen MR) is 74.1 cm³/mol. The molecule has 2 aromatic carbocycles. The average Bonchev–Trinajstić information content (AvgIpc) is 2.30. The smallest absolute Gasteiger partial charge is 0.296 e. The fourth-order valence-electron chi connectivity index (χ4n) is 1.88. The molecule has 0 saturated heterocycles. The van der Waals surface area contributed by atoms with Crippen LogP contribution in [-0.4, -0.2) is 31.0 Å². The van der Waals surface area contributed by atoms with E-state index in [1.807, 2.05) is 0 Å². The molecule has 11 heteroatoms. The van der Waals surface area contributed by atoms with Crippen molar-refractivity contribution in [2.75, 3.05) is 11.5 Å². The van der Waals surface area contributed by atoms with E-state index in [9.17, 15) is 21.9 Å². The lowest BCUT2D eigenvalue weighted by Gasteiger charge is -2.12. The Bertz CT molecular complexity index is 965. The van der Waals surface area contributed by atoms with Gasteiger partial charge >= 0.3 is 0 Å². The lowest BCUT2D eigenvalue weighted by atomic mass is 10.1. The first-order valence-corrected chi connectivity index (χ1v) is 8.10. The summed E-state index contributed by atoms with van der Waals surface area (Å²) >= 11 is 0. The van der Waals surface area contributed by atoms with Gasteiger partial charge in [-0.3, -0.25) is 9.11 Å². The second-order valence-electron chi connectivity index (χ2n) is 4.19. The van der Waals surface area contributed by atoms with Crippen LogP contribution in [0, 0.1) is 0 Å². The largest absolute Gasteiger partial charge is 0.507 e. The molecule has 0 unspecified atom stereocenters. The number of hydrogen-bond donors (Lipinski definition) is 5. The van der Waals surface area contributed by atoms with Crippen LogP contribution in [0.1, 0.15) is 0 Å². The summed E-state index contributed by atoms with van der Waals surface area (Å²) in [7, 11) is -9.34. The number of fused-ring (bicyclic) bond motifs is 1. The van der Waals surface area contributed by atoms with Gasteiger partial charge in [-0.15, -0.1) is 0 Å². The molecule has 2 rings (SSSR count). The highest BCUT2D eigenvalue weighted by Gasteiger charge is 2.22. The fourth-order valence-corrected chi connectivity index (χ4v) is 3.08. The molecule has 114 valence electrons. The van der Waals surface area contributed by atoms with E-state index >= 15 is 0 Å². The molecule has 0 saturated carbocycles. The number of rotatable bonds is 2. The minimum atomic E-state index is -4.71. The van der Waals surface area contributed by atoms with Crippen LogP contribution >= 0.6 is 0 Å². The van der Waals surface area contributed by atoms with E-state index in [4.69, 9.17) is 20.6 Å². The van der Waals surface area contributed by atoms with E-state index in [1.54, 1.807) is 0 Å². The number of nitrogens with two attached hydrogens (primary N) is 2. The SMILES string of the molecule is Nc1c(S(=O)(=O)O)cc2cc(S(=O)(=O)O)cc(O)c2c1N. The Kier molecular flexibility index (Phi) is 3.25. The van der Waals surface area contributed by atoms with Gasteiger partial charge in [-0.2, -0.15) is 16.8 Å². The highest BCUT2D eigenvalue weighted by Crippen LogP contribution is 2.39. The zero-order chi connectivity index (χ0) is 16.2. The summed E-state index contributed by atoms with van der Waals surface area (Å²) < 4.78 is 62.6. The van der Waals surface area contributed by atoms with Gasteiger partial charge < -0.3 is 16.6 Å². The minimum absolute atomic E-state index is 0.104. The van der Waals surface area contributed by atoms with Crippen molar-refractivity contribution in [1.82, 2.24) is 0 Å². The normalized spacial score (nSPS) is 12.7. The molecule has 0 fully saturated rings. The van der Waals surface area contributed by atoms with Crippen LogP contribution in [0.2, 0.25) is 0 Å². The lowest BCUT2D eigenvalue weighted by Crippen LogP contribution is -2.07. The third-order valence-corrected chi connectivity index (χ3v) is 4.53. The second-order valence-corrected chi connectivity index (χ2v) is 7.00. The molecule has 0 bridgehead atoms. The number of hydrogen-bond acceptors (Lipinski definition) is 7. The molecule has 7 N–H and O–H groups in total. The first-order valence-electron chi connectivity index (χ1n) is 5.22. The number of benzene rings is 2. The van der Waals surface area contributed by atoms with Crippen molar-refractivity contribution in [2.45, 2.75) is 9.79 Å². The van der Waals surface area contributed by atoms with Gasteiger partial charge in [-0.25, -0.2) is 0 Å². The van der Waals surface area contributed by atoms with Gasteiger partial charge in [0.2, 0.25) is 0 Å². The Labute approximate surface area is 119 Å². The fraction of sp³-hybridized carbons (Fsp3) is 0. The summed E-state index contributed by atoms with van der Waals surface area (Å²) in [5, 5.41) is 9.55.